The molecule has 1 rings (SSSR count). The normalized spacial score (nSPS) is 10.1. The molecule has 70 valence electrons. The molecule has 1 heterocycles. The van der Waals surface area contributed by atoms with Gasteiger partial charge in [-0.3, -0.25) is 4.79 Å². The Morgan fingerprint density at radius 1 is 1.46 bits per heavy atom. The summed E-state index contributed by atoms with van der Waals surface area (Å²) < 4.78 is 0. The Bertz CT molecular complexity index is 294. The average molecular weight is 180 g/mol. The van der Waals surface area contributed by atoms with Crippen molar-refractivity contribution in [3.63, 3.8) is 0 Å². The zero-order valence-corrected chi connectivity index (χ0v) is 7.61. The van der Waals surface area contributed by atoms with Gasteiger partial charge in [0.1, 0.15) is 11.5 Å². The van der Waals surface area contributed by atoms with Gasteiger partial charge < -0.3 is 11.1 Å². The molecule has 0 unspecified atom stereocenters. The highest BCUT2D eigenvalue weighted by molar-refractivity contribution is 5.92. The Kier molecular flexibility index (Phi) is 2.79. The van der Waals surface area contributed by atoms with Gasteiger partial charge in [0.15, 0.2) is 0 Å². The molecule has 0 aromatic carbocycles. The lowest BCUT2D eigenvalue weighted by Crippen LogP contribution is -2.30. The molecule has 0 radical (unpaired) electrons. The molecule has 0 saturated heterocycles. The molecule has 0 fully saturated rings. The Morgan fingerprint density at radius 3 is 2.62 bits per heavy atom. The molecule has 0 atom stereocenters. The van der Waals surface area contributed by atoms with Crippen LogP contribution in [0.4, 0.5) is 5.82 Å². The van der Waals surface area contributed by atoms with Crippen LogP contribution < -0.4 is 11.1 Å². The van der Waals surface area contributed by atoms with E-state index in [2.05, 4.69) is 15.3 Å². The lowest BCUT2D eigenvalue weighted by molar-refractivity contribution is 0.0938. The summed E-state index contributed by atoms with van der Waals surface area (Å²) in [6, 6.07) is 0.0897. The van der Waals surface area contributed by atoms with Crippen molar-refractivity contribution < 1.29 is 4.79 Å². The molecule has 0 saturated carbocycles. The van der Waals surface area contributed by atoms with Gasteiger partial charge in [0, 0.05) is 6.04 Å². The van der Waals surface area contributed by atoms with Gasteiger partial charge in [-0.05, 0) is 13.8 Å². The van der Waals surface area contributed by atoms with E-state index in [1.54, 1.807) is 0 Å². The molecule has 0 aliphatic heterocycles. The van der Waals surface area contributed by atoms with Gasteiger partial charge in [0.05, 0.1) is 12.4 Å². The van der Waals surface area contributed by atoms with Crippen molar-refractivity contribution in [2.24, 2.45) is 0 Å². The number of rotatable bonds is 2. The predicted molar refractivity (Wildman–Crippen MR) is 49.0 cm³/mol. The summed E-state index contributed by atoms with van der Waals surface area (Å²) in [5.74, 6) is 0.0728. The summed E-state index contributed by atoms with van der Waals surface area (Å²) in [7, 11) is 0. The third-order valence-corrected chi connectivity index (χ3v) is 1.32. The van der Waals surface area contributed by atoms with E-state index in [1.807, 2.05) is 13.8 Å². The van der Waals surface area contributed by atoms with E-state index < -0.39 is 0 Å². The maximum atomic E-state index is 11.3. The van der Waals surface area contributed by atoms with Crippen molar-refractivity contribution in [1.82, 2.24) is 15.3 Å². The third kappa shape index (κ3) is 2.70. The van der Waals surface area contributed by atoms with Crippen LogP contribution in [-0.4, -0.2) is 21.9 Å². The van der Waals surface area contributed by atoms with E-state index in [1.165, 1.54) is 12.4 Å². The number of nitrogens with two attached hydrogens (primary N) is 1. The van der Waals surface area contributed by atoms with Crippen LogP contribution in [0.2, 0.25) is 0 Å². The number of aromatic nitrogens is 2. The second-order valence-corrected chi connectivity index (χ2v) is 2.95. The molecule has 13 heavy (non-hydrogen) atoms. The predicted octanol–water partition coefficient (Wildman–Crippen LogP) is 0.197. The lowest BCUT2D eigenvalue weighted by Gasteiger charge is -2.06. The highest BCUT2D eigenvalue weighted by Crippen LogP contribution is 1.96. The minimum absolute atomic E-state index is 0.0897. The molecule has 5 heteroatoms. The second-order valence-electron chi connectivity index (χ2n) is 2.95. The number of nitrogen functional groups attached to an aromatic ring is 1. The molecule has 1 aromatic rings. The van der Waals surface area contributed by atoms with Crippen LogP contribution in [0.3, 0.4) is 0 Å². The van der Waals surface area contributed by atoms with E-state index in [9.17, 15) is 4.79 Å². The second kappa shape index (κ2) is 3.84. The van der Waals surface area contributed by atoms with E-state index in [-0.39, 0.29) is 17.6 Å². The number of amides is 1. The summed E-state index contributed by atoms with van der Waals surface area (Å²) in [6.45, 7) is 3.76. The number of hydrogen-bond acceptors (Lipinski definition) is 4. The number of carbonyl (C=O) groups is 1. The topological polar surface area (TPSA) is 80.9 Å². The van der Waals surface area contributed by atoms with Crippen molar-refractivity contribution >= 4 is 11.7 Å². The van der Waals surface area contributed by atoms with Crippen LogP contribution in [0.25, 0.3) is 0 Å². The van der Waals surface area contributed by atoms with Crippen LogP contribution in [0.1, 0.15) is 24.3 Å². The number of hydrogen-bond donors (Lipinski definition) is 2. The Morgan fingerprint density at radius 2 is 2.15 bits per heavy atom. The van der Waals surface area contributed by atoms with Gasteiger partial charge in [-0.15, -0.1) is 0 Å². The number of carbonyl (C=O) groups excluding carboxylic acids is 1. The molecule has 3 N–H and O–H groups in total. The standard InChI is InChI=1S/C8H12N4O/c1-5(2)12-8(13)6-3-11-7(9)4-10-6/h3-5H,1-2H3,(H2,9,11)(H,12,13). The average Bonchev–Trinajstić information content (AvgIpc) is 2.04. The molecule has 0 bridgehead atoms. The first-order valence-corrected chi connectivity index (χ1v) is 3.98. The first kappa shape index (κ1) is 9.44. The van der Waals surface area contributed by atoms with Crippen molar-refractivity contribution in [2.75, 3.05) is 5.73 Å². The van der Waals surface area contributed by atoms with E-state index in [0.717, 1.165) is 0 Å². The van der Waals surface area contributed by atoms with Gasteiger partial charge >= 0.3 is 0 Å². The van der Waals surface area contributed by atoms with Crippen molar-refractivity contribution in [2.45, 2.75) is 19.9 Å². The maximum absolute atomic E-state index is 11.3. The zero-order valence-electron chi connectivity index (χ0n) is 7.61. The summed E-state index contributed by atoms with van der Waals surface area (Å²) in [5.41, 5.74) is 5.60. The molecule has 0 aliphatic carbocycles. The minimum atomic E-state index is -0.234. The van der Waals surface area contributed by atoms with Crippen LogP contribution in [0, 0.1) is 0 Å². The fourth-order valence-corrected chi connectivity index (χ4v) is 0.791. The Labute approximate surface area is 76.4 Å². The summed E-state index contributed by atoms with van der Waals surface area (Å²) in [4.78, 5) is 18.9. The number of anilines is 1. The van der Waals surface area contributed by atoms with Gasteiger partial charge in [-0.1, -0.05) is 0 Å². The molecule has 1 amide bonds. The number of nitrogens with one attached hydrogen (secondary N) is 1. The van der Waals surface area contributed by atoms with Crippen LogP contribution >= 0.6 is 0 Å². The minimum Gasteiger partial charge on any atom is -0.382 e. The molecule has 0 aliphatic rings. The van der Waals surface area contributed by atoms with Gasteiger partial charge in [0.25, 0.3) is 5.91 Å². The molecular weight excluding hydrogens is 168 g/mol. The van der Waals surface area contributed by atoms with Gasteiger partial charge in [-0.25, -0.2) is 9.97 Å². The Balaban J connectivity index is 2.72. The van der Waals surface area contributed by atoms with E-state index >= 15 is 0 Å². The van der Waals surface area contributed by atoms with Gasteiger partial charge in [-0.2, -0.15) is 0 Å². The molecule has 0 spiro atoms. The largest absolute Gasteiger partial charge is 0.382 e. The Hall–Kier alpha value is -1.65. The quantitative estimate of drug-likeness (QED) is 0.681. The molecule has 5 nitrogen and oxygen atoms in total. The molecule has 1 aromatic heterocycles. The first-order chi connectivity index (χ1) is 6.09. The zero-order chi connectivity index (χ0) is 9.84. The fraction of sp³-hybridized carbons (Fsp3) is 0.375. The maximum Gasteiger partial charge on any atom is 0.271 e. The van der Waals surface area contributed by atoms with E-state index in [4.69, 9.17) is 5.73 Å². The summed E-state index contributed by atoms with van der Waals surface area (Å²) >= 11 is 0. The van der Waals surface area contributed by atoms with Crippen molar-refractivity contribution in [1.29, 1.82) is 0 Å². The van der Waals surface area contributed by atoms with Crippen molar-refractivity contribution in [3.05, 3.63) is 18.1 Å². The van der Waals surface area contributed by atoms with Crippen LogP contribution in [0.5, 0.6) is 0 Å². The highest BCUT2D eigenvalue weighted by atomic mass is 16.1. The smallest absolute Gasteiger partial charge is 0.271 e. The fourth-order valence-electron chi connectivity index (χ4n) is 0.791. The summed E-state index contributed by atoms with van der Waals surface area (Å²) in [5, 5.41) is 2.70. The lowest BCUT2D eigenvalue weighted by atomic mass is 10.3. The van der Waals surface area contributed by atoms with Crippen LogP contribution in [0.15, 0.2) is 12.4 Å². The SMILES string of the molecule is CC(C)NC(=O)c1cnc(N)cn1. The molecular formula is C8H12N4O. The van der Waals surface area contributed by atoms with Gasteiger partial charge in [0.2, 0.25) is 0 Å². The monoisotopic (exact) mass is 180 g/mol. The van der Waals surface area contributed by atoms with Crippen LogP contribution in [-0.2, 0) is 0 Å². The van der Waals surface area contributed by atoms with E-state index in [0.29, 0.717) is 5.82 Å². The number of nitrogens with zero attached hydrogens (tertiary/aromatic N) is 2. The van der Waals surface area contributed by atoms with Crippen molar-refractivity contribution in [3.8, 4) is 0 Å². The highest BCUT2D eigenvalue weighted by Gasteiger charge is 2.07. The summed E-state index contributed by atoms with van der Waals surface area (Å²) in [6.07, 6.45) is 2.71. The third-order valence-electron chi connectivity index (χ3n) is 1.32. The first-order valence-electron chi connectivity index (χ1n) is 3.98.